The third-order valence-corrected chi connectivity index (χ3v) is 2.77. The molecule has 0 radical (unpaired) electrons. The molecule has 17 heavy (non-hydrogen) atoms. The normalized spacial score (nSPS) is 12.2. The van der Waals surface area contributed by atoms with Crippen LogP contribution in [0.25, 0.3) is 0 Å². The number of nitriles is 1. The lowest BCUT2D eigenvalue weighted by Gasteiger charge is -2.20. The van der Waals surface area contributed by atoms with E-state index in [-0.39, 0.29) is 6.04 Å². The zero-order valence-corrected chi connectivity index (χ0v) is 10.8. The molecular weight excluding hydrogens is 236 g/mol. The maximum Gasteiger partial charge on any atom is 0.146 e. The summed E-state index contributed by atoms with van der Waals surface area (Å²) in [6.07, 6.45) is 2.50. The zero-order chi connectivity index (χ0) is 12.8. The van der Waals surface area contributed by atoms with Crippen molar-refractivity contribution in [2.45, 2.75) is 26.3 Å². The van der Waals surface area contributed by atoms with E-state index in [4.69, 9.17) is 22.6 Å². The lowest BCUT2D eigenvalue weighted by Crippen LogP contribution is -2.30. The SMILES string of the molecule is CC(C)CC(CN)Nc1nccc(C#N)c1Cl. The molecule has 1 heterocycles. The topological polar surface area (TPSA) is 74.7 Å². The van der Waals surface area contributed by atoms with Gasteiger partial charge in [0.2, 0.25) is 0 Å². The fourth-order valence-corrected chi connectivity index (χ4v) is 1.82. The van der Waals surface area contributed by atoms with Crippen molar-refractivity contribution in [3.63, 3.8) is 0 Å². The van der Waals surface area contributed by atoms with Crippen molar-refractivity contribution in [1.29, 1.82) is 5.26 Å². The number of hydrogen-bond donors (Lipinski definition) is 2. The average molecular weight is 253 g/mol. The molecular formula is C12H17ClN4. The lowest BCUT2D eigenvalue weighted by molar-refractivity contribution is 0.521. The first-order valence-electron chi connectivity index (χ1n) is 5.59. The summed E-state index contributed by atoms with van der Waals surface area (Å²) >= 11 is 6.06. The van der Waals surface area contributed by atoms with Gasteiger partial charge in [-0.15, -0.1) is 0 Å². The summed E-state index contributed by atoms with van der Waals surface area (Å²) in [6.45, 7) is 4.77. The van der Waals surface area contributed by atoms with Crippen LogP contribution < -0.4 is 11.1 Å². The minimum absolute atomic E-state index is 0.119. The smallest absolute Gasteiger partial charge is 0.146 e. The predicted molar refractivity (Wildman–Crippen MR) is 69.9 cm³/mol. The Hall–Kier alpha value is -1.31. The van der Waals surface area contributed by atoms with Crippen molar-refractivity contribution in [3.05, 3.63) is 22.8 Å². The number of nitrogens with one attached hydrogen (secondary N) is 1. The number of nitrogens with two attached hydrogens (primary N) is 1. The molecule has 0 aliphatic heterocycles. The molecule has 1 rings (SSSR count). The van der Waals surface area contributed by atoms with Crippen molar-refractivity contribution in [2.24, 2.45) is 11.7 Å². The summed E-state index contributed by atoms with van der Waals surface area (Å²) in [6, 6.07) is 3.73. The Kier molecular flexibility index (Phi) is 5.20. The molecule has 0 amide bonds. The van der Waals surface area contributed by atoms with Gasteiger partial charge >= 0.3 is 0 Å². The Morgan fingerprint density at radius 1 is 1.59 bits per heavy atom. The molecule has 3 N–H and O–H groups in total. The van der Waals surface area contributed by atoms with Crippen LogP contribution in [-0.4, -0.2) is 17.6 Å². The van der Waals surface area contributed by atoms with Gasteiger partial charge in [-0.3, -0.25) is 0 Å². The third-order valence-electron chi connectivity index (χ3n) is 2.39. The van der Waals surface area contributed by atoms with Crippen LogP contribution in [0.5, 0.6) is 0 Å². The Morgan fingerprint density at radius 3 is 2.82 bits per heavy atom. The number of hydrogen-bond acceptors (Lipinski definition) is 4. The molecule has 0 fully saturated rings. The van der Waals surface area contributed by atoms with Crippen molar-refractivity contribution >= 4 is 17.4 Å². The summed E-state index contributed by atoms with van der Waals surface area (Å²) in [5, 5.41) is 12.4. The first-order chi connectivity index (χ1) is 8.08. The highest BCUT2D eigenvalue weighted by Crippen LogP contribution is 2.24. The Bertz CT molecular complexity index is 411. The molecule has 0 saturated carbocycles. The van der Waals surface area contributed by atoms with Crippen LogP contribution in [0.2, 0.25) is 5.02 Å². The van der Waals surface area contributed by atoms with Crippen molar-refractivity contribution < 1.29 is 0 Å². The van der Waals surface area contributed by atoms with E-state index in [2.05, 4.69) is 24.1 Å². The van der Waals surface area contributed by atoms with E-state index in [1.807, 2.05) is 6.07 Å². The second-order valence-corrected chi connectivity index (χ2v) is 4.72. The van der Waals surface area contributed by atoms with Gasteiger partial charge in [0, 0.05) is 18.8 Å². The highest BCUT2D eigenvalue weighted by molar-refractivity contribution is 6.34. The molecule has 5 heteroatoms. The molecule has 0 saturated heterocycles. The molecule has 1 unspecified atom stereocenters. The van der Waals surface area contributed by atoms with Crippen LogP contribution in [0.3, 0.4) is 0 Å². The van der Waals surface area contributed by atoms with Crippen LogP contribution >= 0.6 is 11.6 Å². The second kappa shape index (κ2) is 6.43. The molecule has 0 aromatic carbocycles. The maximum absolute atomic E-state index is 8.86. The van der Waals surface area contributed by atoms with E-state index in [1.165, 1.54) is 0 Å². The van der Waals surface area contributed by atoms with Crippen LogP contribution in [0.4, 0.5) is 5.82 Å². The highest BCUT2D eigenvalue weighted by atomic mass is 35.5. The van der Waals surface area contributed by atoms with Crippen LogP contribution in [0.1, 0.15) is 25.8 Å². The minimum Gasteiger partial charge on any atom is -0.365 e. The first-order valence-corrected chi connectivity index (χ1v) is 5.97. The number of pyridine rings is 1. The number of nitrogens with zero attached hydrogens (tertiary/aromatic N) is 2. The first kappa shape index (κ1) is 13.8. The monoisotopic (exact) mass is 252 g/mol. The Balaban J connectivity index is 2.83. The summed E-state index contributed by atoms with van der Waals surface area (Å²) in [5.41, 5.74) is 6.11. The van der Waals surface area contributed by atoms with E-state index >= 15 is 0 Å². The van der Waals surface area contributed by atoms with Crippen LogP contribution in [0, 0.1) is 17.2 Å². The van der Waals surface area contributed by atoms with Crippen LogP contribution in [0.15, 0.2) is 12.3 Å². The van der Waals surface area contributed by atoms with E-state index in [0.717, 1.165) is 6.42 Å². The highest BCUT2D eigenvalue weighted by Gasteiger charge is 2.13. The molecule has 92 valence electrons. The standard InChI is InChI=1S/C12H17ClN4/c1-8(2)5-10(7-15)17-12-11(13)9(6-14)3-4-16-12/h3-4,8,10H,5,7,15H2,1-2H3,(H,16,17). The van der Waals surface area contributed by atoms with Gasteiger partial charge < -0.3 is 11.1 Å². The summed E-state index contributed by atoms with van der Waals surface area (Å²) in [5.74, 6) is 1.07. The van der Waals surface area contributed by atoms with E-state index in [1.54, 1.807) is 12.3 Å². The average Bonchev–Trinajstić information content (AvgIpc) is 2.30. The second-order valence-electron chi connectivity index (χ2n) is 4.34. The fourth-order valence-electron chi connectivity index (χ4n) is 1.61. The van der Waals surface area contributed by atoms with E-state index in [9.17, 15) is 0 Å². The van der Waals surface area contributed by atoms with E-state index < -0.39 is 0 Å². The van der Waals surface area contributed by atoms with Gasteiger partial charge in [0.15, 0.2) is 0 Å². The van der Waals surface area contributed by atoms with Crippen molar-refractivity contribution in [1.82, 2.24) is 4.98 Å². The van der Waals surface area contributed by atoms with Gasteiger partial charge in [-0.1, -0.05) is 25.4 Å². The minimum atomic E-state index is 0.119. The molecule has 1 aromatic rings. The summed E-state index contributed by atoms with van der Waals surface area (Å²) in [4.78, 5) is 4.13. The zero-order valence-electron chi connectivity index (χ0n) is 10.1. The van der Waals surface area contributed by atoms with Crippen molar-refractivity contribution in [2.75, 3.05) is 11.9 Å². The van der Waals surface area contributed by atoms with Gasteiger partial charge in [0.05, 0.1) is 5.56 Å². The summed E-state index contributed by atoms with van der Waals surface area (Å²) < 4.78 is 0. The number of rotatable bonds is 5. The molecule has 0 aliphatic rings. The van der Waals surface area contributed by atoms with Gasteiger partial charge in [-0.05, 0) is 18.4 Å². The summed E-state index contributed by atoms with van der Waals surface area (Å²) in [7, 11) is 0. The molecule has 4 nitrogen and oxygen atoms in total. The molecule has 1 atom stereocenters. The fraction of sp³-hybridized carbons (Fsp3) is 0.500. The third kappa shape index (κ3) is 3.88. The largest absolute Gasteiger partial charge is 0.365 e. The number of aromatic nitrogens is 1. The molecule has 1 aromatic heterocycles. The lowest BCUT2D eigenvalue weighted by atomic mass is 10.0. The maximum atomic E-state index is 8.86. The van der Waals surface area contributed by atoms with Gasteiger partial charge in [-0.25, -0.2) is 4.98 Å². The molecule has 0 bridgehead atoms. The predicted octanol–water partition coefficient (Wildman–Crippen LogP) is 2.39. The van der Waals surface area contributed by atoms with Gasteiger partial charge in [0.25, 0.3) is 0 Å². The van der Waals surface area contributed by atoms with Gasteiger partial charge in [0.1, 0.15) is 16.9 Å². The number of halogens is 1. The van der Waals surface area contributed by atoms with E-state index in [0.29, 0.717) is 28.9 Å². The molecule has 0 spiro atoms. The Morgan fingerprint density at radius 2 is 2.29 bits per heavy atom. The molecule has 0 aliphatic carbocycles. The van der Waals surface area contributed by atoms with Crippen LogP contribution in [-0.2, 0) is 0 Å². The van der Waals surface area contributed by atoms with Crippen molar-refractivity contribution in [3.8, 4) is 6.07 Å². The Labute approximate surface area is 107 Å². The quantitative estimate of drug-likeness (QED) is 0.844. The van der Waals surface area contributed by atoms with Gasteiger partial charge in [-0.2, -0.15) is 5.26 Å². The number of anilines is 1.